The maximum Gasteiger partial charge on any atom is 0.468 e. The molecule has 1 aromatic carbocycles. The van der Waals surface area contributed by atoms with E-state index in [1.54, 1.807) is 12.1 Å². The molecule has 0 aliphatic carbocycles. The molecule has 0 atom stereocenters. The first-order chi connectivity index (χ1) is 12.1. The van der Waals surface area contributed by atoms with Gasteiger partial charge >= 0.3 is 12.1 Å². The highest BCUT2D eigenvalue weighted by Gasteiger charge is 2.39. The predicted octanol–water partition coefficient (Wildman–Crippen LogP) is 6.07. The second-order valence-electron chi connectivity index (χ2n) is 5.11. The third-order valence-electron chi connectivity index (χ3n) is 3.23. The highest BCUT2D eigenvalue weighted by atomic mass is 32.2. The molecule has 26 heavy (non-hydrogen) atoms. The van der Waals surface area contributed by atoms with Gasteiger partial charge in [0.05, 0.1) is 0 Å². The van der Waals surface area contributed by atoms with Gasteiger partial charge in [0.2, 0.25) is 0 Å². The van der Waals surface area contributed by atoms with E-state index >= 15 is 0 Å². The quantitative estimate of drug-likeness (QED) is 0.384. The molecule has 0 spiro atoms. The lowest BCUT2D eigenvalue weighted by Crippen LogP contribution is -2.04. The van der Waals surface area contributed by atoms with Crippen molar-refractivity contribution in [3.63, 3.8) is 0 Å². The molecule has 2 N–H and O–H groups in total. The van der Waals surface area contributed by atoms with Crippen molar-refractivity contribution >= 4 is 17.5 Å². The first-order valence-electron chi connectivity index (χ1n) is 7.08. The van der Waals surface area contributed by atoms with Crippen LogP contribution in [-0.2, 0) is 6.18 Å². The van der Waals surface area contributed by atoms with Crippen molar-refractivity contribution in [1.82, 2.24) is 4.98 Å². The molecule has 138 valence electrons. The normalized spacial score (nSPS) is 13.2. The molecule has 0 saturated carbocycles. The molecule has 3 nitrogen and oxygen atoms in total. The van der Waals surface area contributed by atoms with Crippen molar-refractivity contribution in [3.05, 3.63) is 66.3 Å². The van der Waals surface area contributed by atoms with Crippen LogP contribution in [0.4, 0.5) is 22.0 Å². The van der Waals surface area contributed by atoms with Crippen LogP contribution >= 0.6 is 11.9 Å². The van der Waals surface area contributed by atoms with Gasteiger partial charge in [-0.1, -0.05) is 24.8 Å². The summed E-state index contributed by atoms with van der Waals surface area (Å²) in [7, 11) is 0. The smallest absolute Gasteiger partial charge is 0.433 e. The van der Waals surface area contributed by atoms with Gasteiger partial charge < -0.3 is 4.42 Å². The molecule has 0 radical (unpaired) electrons. The number of oxazole rings is 1. The fourth-order valence-corrected chi connectivity index (χ4v) is 2.25. The van der Waals surface area contributed by atoms with Crippen LogP contribution in [0.1, 0.15) is 18.6 Å². The number of aromatic nitrogens is 1. The van der Waals surface area contributed by atoms with Crippen LogP contribution in [0.5, 0.6) is 0 Å². The number of hydrogen-bond acceptors (Lipinski definition) is 4. The third kappa shape index (κ3) is 4.61. The van der Waals surface area contributed by atoms with E-state index in [0.29, 0.717) is 10.5 Å². The Balaban J connectivity index is 2.56. The maximum atomic E-state index is 13.2. The number of rotatable bonds is 5. The van der Waals surface area contributed by atoms with E-state index in [1.165, 1.54) is 19.1 Å². The Morgan fingerprint density at radius 2 is 1.81 bits per heavy atom. The summed E-state index contributed by atoms with van der Waals surface area (Å²) < 4.78 is 69.6. The Labute approximate surface area is 150 Å². The molecule has 1 aromatic heterocycles. The van der Waals surface area contributed by atoms with Gasteiger partial charge in [0.25, 0.3) is 0 Å². The molecular weight excluding hydrogens is 375 g/mol. The van der Waals surface area contributed by atoms with E-state index in [2.05, 4.69) is 11.6 Å². The molecule has 9 heteroatoms. The minimum atomic E-state index is -4.80. The van der Waals surface area contributed by atoms with Gasteiger partial charge in [-0.25, -0.2) is 13.8 Å². The van der Waals surface area contributed by atoms with Crippen LogP contribution in [0.3, 0.4) is 0 Å². The molecule has 0 fully saturated rings. The monoisotopic (exact) mass is 388 g/mol. The lowest BCUT2D eigenvalue weighted by atomic mass is 10.1. The van der Waals surface area contributed by atoms with Crippen molar-refractivity contribution in [3.8, 4) is 11.3 Å². The van der Waals surface area contributed by atoms with E-state index in [1.807, 2.05) is 0 Å². The minimum Gasteiger partial charge on any atom is -0.433 e. The van der Waals surface area contributed by atoms with Crippen LogP contribution < -0.4 is 5.14 Å². The van der Waals surface area contributed by atoms with Gasteiger partial charge in [-0.2, -0.15) is 13.2 Å². The molecule has 0 saturated heterocycles. The van der Waals surface area contributed by atoms with E-state index < -0.39 is 23.7 Å². The average molecular weight is 388 g/mol. The van der Waals surface area contributed by atoms with E-state index in [-0.39, 0.29) is 17.0 Å². The lowest BCUT2D eigenvalue weighted by Gasteiger charge is -2.02. The largest absolute Gasteiger partial charge is 0.468 e. The number of nitrogens with two attached hydrogens (primary N) is 1. The summed E-state index contributed by atoms with van der Waals surface area (Å²) in [6, 6.07) is 6.28. The Hall–Kier alpha value is -2.39. The summed E-state index contributed by atoms with van der Waals surface area (Å²) in [5.41, 5.74) is 0.397. The number of hydrogen-bond donors (Lipinski definition) is 1. The van der Waals surface area contributed by atoms with Gasteiger partial charge in [0.15, 0.2) is 17.4 Å². The topological polar surface area (TPSA) is 52.0 Å². The molecule has 0 aliphatic rings. The lowest BCUT2D eigenvalue weighted by molar-refractivity contribution is -0.157. The first-order valence-corrected chi connectivity index (χ1v) is 7.96. The zero-order valence-corrected chi connectivity index (χ0v) is 14.2. The summed E-state index contributed by atoms with van der Waals surface area (Å²) in [4.78, 5) is 4.22. The van der Waals surface area contributed by atoms with Crippen LogP contribution in [0.2, 0.25) is 0 Å². The number of benzene rings is 1. The van der Waals surface area contributed by atoms with Crippen molar-refractivity contribution in [2.45, 2.75) is 18.0 Å². The summed E-state index contributed by atoms with van der Waals surface area (Å²) in [5.74, 6) is -4.19. The number of halogens is 5. The maximum absolute atomic E-state index is 13.2. The van der Waals surface area contributed by atoms with Crippen molar-refractivity contribution in [2.75, 3.05) is 0 Å². The zero-order valence-electron chi connectivity index (χ0n) is 13.4. The minimum absolute atomic E-state index is 0.0764. The highest BCUT2D eigenvalue weighted by Crippen LogP contribution is 2.36. The molecule has 1 heterocycles. The van der Waals surface area contributed by atoms with Crippen molar-refractivity contribution < 1.29 is 26.4 Å². The van der Waals surface area contributed by atoms with Gasteiger partial charge in [-0.15, -0.1) is 0 Å². The van der Waals surface area contributed by atoms with Gasteiger partial charge in [0, 0.05) is 10.5 Å². The fourth-order valence-electron chi connectivity index (χ4n) is 1.96. The fraction of sp³-hybridized carbons (Fsp3) is 0.118. The van der Waals surface area contributed by atoms with E-state index in [9.17, 15) is 22.0 Å². The number of nitrogens with zero attached hydrogens (tertiary/aromatic N) is 1. The molecule has 2 aromatic rings. The van der Waals surface area contributed by atoms with Crippen LogP contribution in [-0.4, -0.2) is 4.98 Å². The van der Waals surface area contributed by atoms with Crippen LogP contribution in [0.25, 0.3) is 16.8 Å². The van der Waals surface area contributed by atoms with Crippen LogP contribution in [0.15, 0.2) is 64.0 Å². The Morgan fingerprint density at radius 1 is 1.19 bits per heavy atom. The standard InChI is InChI=1S/C17H13F5N2OS/c1-9(3-8-13(19)10(2)18)15-14(24-16(25-15)17(20,21)22)11-4-6-12(26-23)7-5-11/h3-8H,2,23H2,1H3/b9-3+,13-8+. The Morgan fingerprint density at radius 3 is 2.31 bits per heavy atom. The molecule has 0 amide bonds. The molecule has 0 aliphatic heterocycles. The van der Waals surface area contributed by atoms with Gasteiger partial charge in [-0.3, -0.25) is 5.14 Å². The molecule has 0 unspecified atom stereocenters. The summed E-state index contributed by atoms with van der Waals surface area (Å²) in [6.07, 6.45) is -2.98. The SMILES string of the molecule is C=C(F)/C(F)=C\C=C(/C)c1oc(C(F)(F)F)nc1-c1ccc(SN)cc1. The highest BCUT2D eigenvalue weighted by molar-refractivity contribution is 7.97. The zero-order chi connectivity index (χ0) is 19.5. The first kappa shape index (κ1) is 19.9. The molecule has 0 bridgehead atoms. The Kier molecular flexibility index (Phi) is 6.04. The second-order valence-corrected chi connectivity index (χ2v) is 5.81. The van der Waals surface area contributed by atoms with Gasteiger partial charge in [-0.05, 0) is 42.7 Å². The van der Waals surface area contributed by atoms with Crippen molar-refractivity contribution in [1.29, 1.82) is 0 Å². The summed E-state index contributed by atoms with van der Waals surface area (Å²) in [5, 5.41) is 5.42. The summed E-state index contributed by atoms with van der Waals surface area (Å²) in [6.45, 7) is 4.18. The summed E-state index contributed by atoms with van der Waals surface area (Å²) >= 11 is 0.978. The molecular formula is C17H13F5N2OS. The van der Waals surface area contributed by atoms with Crippen LogP contribution in [0, 0.1) is 0 Å². The van der Waals surface area contributed by atoms with E-state index in [4.69, 9.17) is 9.56 Å². The van der Waals surface area contributed by atoms with E-state index in [0.717, 1.165) is 24.1 Å². The molecule has 2 rings (SSSR count). The second kappa shape index (κ2) is 7.88. The van der Waals surface area contributed by atoms with Crippen molar-refractivity contribution in [2.24, 2.45) is 5.14 Å². The predicted molar refractivity (Wildman–Crippen MR) is 90.1 cm³/mol. The third-order valence-corrected chi connectivity index (χ3v) is 3.77. The number of allylic oxidation sites excluding steroid dienone is 5. The average Bonchev–Trinajstić information content (AvgIpc) is 3.05. The van der Waals surface area contributed by atoms with Gasteiger partial charge in [0.1, 0.15) is 5.69 Å². The number of alkyl halides is 3. The Bertz CT molecular complexity index is 866.